The monoisotopic (exact) mass is 291 g/mol. The van der Waals surface area contributed by atoms with Crippen molar-refractivity contribution in [1.29, 1.82) is 0 Å². The van der Waals surface area contributed by atoms with Gasteiger partial charge in [0.1, 0.15) is 17.1 Å². The van der Waals surface area contributed by atoms with Gasteiger partial charge in [0, 0.05) is 29.7 Å². The van der Waals surface area contributed by atoms with Gasteiger partial charge in [-0.2, -0.15) is 0 Å². The predicted octanol–water partition coefficient (Wildman–Crippen LogP) is 3.01. The molecule has 2 aromatic heterocycles. The molecule has 1 fully saturated rings. The van der Waals surface area contributed by atoms with Crippen LogP contribution in [0.2, 0.25) is 0 Å². The van der Waals surface area contributed by atoms with E-state index in [0.29, 0.717) is 43.2 Å². The lowest BCUT2D eigenvalue weighted by Crippen LogP contribution is -2.37. The first-order chi connectivity index (χ1) is 10.0. The molecule has 0 unspecified atom stereocenters. The van der Waals surface area contributed by atoms with E-state index in [2.05, 4.69) is 24.1 Å². The topological polar surface area (TPSA) is 38.6 Å². The summed E-state index contributed by atoms with van der Waals surface area (Å²) in [5.74, 6) is 0.928. The second-order valence-corrected chi connectivity index (χ2v) is 6.04. The van der Waals surface area contributed by atoms with Crippen molar-refractivity contribution in [3.8, 4) is 5.75 Å². The smallest absolute Gasteiger partial charge is 0.143 e. The first kappa shape index (κ1) is 14.3. The van der Waals surface area contributed by atoms with Crippen molar-refractivity contribution in [2.45, 2.75) is 38.3 Å². The Morgan fingerprint density at radius 3 is 2.71 bits per heavy atom. The van der Waals surface area contributed by atoms with Crippen molar-refractivity contribution in [3.05, 3.63) is 29.7 Å². The number of methoxy groups -OCH3 is 1. The minimum Gasteiger partial charge on any atom is -0.496 e. The molecule has 1 saturated heterocycles. The minimum atomic E-state index is -1.33. The number of rotatable bonds is 3. The van der Waals surface area contributed by atoms with E-state index in [4.69, 9.17) is 4.74 Å². The molecule has 0 spiro atoms. The maximum absolute atomic E-state index is 15.4. The highest BCUT2D eigenvalue weighted by Gasteiger charge is 2.37. The molecule has 0 aliphatic carbocycles. The van der Waals surface area contributed by atoms with E-state index in [9.17, 15) is 0 Å². The molecule has 5 heteroatoms. The molecule has 1 aliphatic heterocycles. The van der Waals surface area contributed by atoms with Crippen LogP contribution in [0.4, 0.5) is 4.39 Å². The van der Waals surface area contributed by atoms with E-state index in [1.165, 1.54) is 0 Å². The van der Waals surface area contributed by atoms with Crippen molar-refractivity contribution in [3.63, 3.8) is 0 Å². The van der Waals surface area contributed by atoms with E-state index < -0.39 is 5.67 Å². The number of halogens is 1. The molecule has 3 rings (SSSR count). The molecule has 0 saturated carbocycles. The molecule has 0 radical (unpaired) electrons. The van der Waals surface area contributed by atoms with Gasteiger partial charge in [0.25, 0.3) is 0 Å². The van der Waals surface area contributed by atoms with Gasteiger partial charge in [-0.1, -0.05) is 13.8 Å². The van der Waals surface area contributed by atoms with Crippen LogP contribution >= 0.6 is 0 Å². The van der Waals surface area contributed by atoms with Crippen molar-refractivity contribution in [2.24, 2.45) is 0 Å². The molecule has 21 heavy (non-hydrogen) atoms. The molecule has 0 amide bonds. The summed E-state index contributed by atoms with van der Waals surface area (Å²) in [4.78, 5) is 4.41. The van der Waals surface area contributed by atoms with Crippen molar-refractivity contribution >= 4 is 5.65 Å². The Morgan fingerprint density at radius 1 is 1.38 bits per heavy atom. The number of hydrogen-bond donors (Lipinski definition) is 1. The van der Waals surface area contributed by atoms with Crippen LogP contribution in [-0.4, -0.2) is 29.6 Å². The lowest BCUT2D eigenvalue weighted by atomic mass is 9.87. The zero-order valence-electron chi connectivity index (χ0n) is 12.8. The quantitative estimate of drug-likeness (QED) is 0.944. The van der Waals surface area contributed by atoms with Crippen LogP contribution in [0.25, 0.3) is 5.65 Å². The molecule has 3 heterocycles. The highest BCUT2D eigenvalue weighted by Crippen LogP contribution is 2.40. The highest BCUT2D eigenvalue weighted by atomic mass is 19.1. The van der Waals surface area contributed by atoms with Crippen molar-refractivity contribution < 1.29 is 9.13 Å². The third kappa shape index (κ3) is 2.39. The number of hydrogen-bond acceptors (Lipinski definition) is 3. The summed E-state index contributed by atoms with van der Waals surface area (Å²) in [5.41, 5.74) is 1.20. The molecule has 1 N–H and O–H groups in total. The first-order valence-corrected chi connectivity index (χ1v) is 7.50. The van der Waals surface area contributed by atoms with Crippen molar-refractivity contribution in [1.82, 2.24) is 14.7 Å². The Bertz CT molecular complexity index is 644. The van der Waals surface area contributed by atoms with Crippen LogP contribution in [0.5, 0.6) is 5.75 Å². The maximum atomic E-state index is 15.4. The number of fused-ring (bicyclic) bond motifs is 1. The van der Waals surface area contributed by atoms with Gasteiger partial charge < -0.3 is 14.5 Å². The summed E-state index contributed by atoms with van der Waals surface area (Å²) >= 11 is 0. The summed E-state index contributed by atoms with van der Waals surface area (Å²) in [6.07, 6.45) is 4.68. The van der Waals surface area contributed by atoms with Gasteiger partial charge in [-0.25, -0.2) is 9.37 Å². The fourth-order valence-corrected chi connectivity index (χ4v) is 3.05. The normalized spacial score (nSPS) is 18.3. The van der Waals surface area contributed by atoms with Gasteiger partial charge in [0.2, 0.25) is 0 Å². The largest absolute Gasteiger partial charge is 0.496 e. The number of ether oxygens (including phenoxy) is 1. The van der Waals surface area contributed by atoms with Gasteiger partial charge in [0.05, 0.1) is 7.11 Å². The molecule has 4 nitrogen and oxygen atoms in total. The third-order valence-corrected chi connectivity index (χ3v) is 4.33. The zero-order valence-corrected chi connectivity index (χ0v) is 12.8. The molecular formula is C16H22FN3O. The van der Waals surface area contributed by atoms with Crippen molar-refractivity contribution in [2.75, 3.05) is 20.2 Å². The van der Waals surface area contributed by atoms with Gasteiger partial charge in [-0.15, -0.1) is 0 Å². The summed E-state index contributed by atoms with van der Waals surface area (Å²) in [6.45, 7) is 5.61. The number of alkyl halides is 1. The van der Waals surface area contributed by atoms with Crippen LogP contribution in [0, 0.1) is 0 Å². The average Bonchev–Trinajstić information content (AvgIpc) is 2.89. The van der Waals surface area contributed by atoms with E-state index in [1.54, 1.807) is 7.11 Å². The summed E-state index contributed by atoms with van der Waals surface area (Å²) in [7, 11) is 1.59. The van der Waals surface area contributed by atoms with Crippen LogP contribution in [0.15, 0.2) is 18.5 Å². The zero-order chi connectivity index (χ0) is 15.0. The number of nitrogens with one attached hydrogen (secondary N) is 1. The Morgan fingerprint density at radius 2 is 2.10 bits per heavy atom. The predicted molar refractivity (Wildman–Crippen MR) is 80.7 cm³/mol. The SMILES string of the molecule is COc1cc2ncc(C(C)C)n2cc1C1(F)CCNCC1. The highest BCUT2D eigenvalue weighted by molar-refractivity contribution is 5.52. The van der Waals surface area contributed by atoms with E-state index in [0.717, 1.165) is 11.3 Å². The average molecular weight is 291 g/mol. The number of aromatic nitrogens is 2. The Balaban J connectivity index is 2.17. The van der Waals surface area contributed by atoms with Gasteiger partial charge in [-0.3, -0.25) is 0 Å². The van der Waals surface area contributed by atoms with E-state index >= 15 is 4.39 Å². The fourth-order valence-electron chi connectivity index (χ4n) is 3.05. The maximum Gasteiger partial charge on any atom is 0.143 e. The van der Waals surface area contributed by atoms with Crippen LogP contribution in [0.1, 0.15) is 43.9 Å². The fraction of sp³-hybridized carbons (Fsp3) is 0.562. The first-order valence-electron chi connectivity index (χ1n) is 7.50. The molecular weight excluding hydrogens is 269 g/mol. The van der Waals surface area contributed by atoms with E-state index in [-0.39, 0.29) is 0 Å². The van der Waals surface area contributed by atoms with E-state index in [1.807, 2.05) is 22.9 Å². The van der Waals surface area contributed by atoms with Crippen LogP contribution < -0.4 is 10.1 Å². The standard InChI is InChI=1S/C16H22FN3O/c1-11(2)13-9-19-15-8-14(21-3)12(10-20(13)15)16(17)4-6-18-7-5-16/h8-11,18H,4-7H2,1-3H3. The molecule has 2 aromatic rings. The second-order valence-electron chi connectivity index (χ2n) is 6.04. The summed E-state index contributed by atoms with van der Waals surface area (Å²) in [5, 5.41) is 3.21. The molecule has 0 aromatic carbocycles. The number of piperidine rings is 1. The lowest BCUT2D eigenvalue weighted by molar-refractivity contribution is 0.111. The molecule has 0 atom stereocenters. The van der Waals surface area contributed by atoms with Gasteiger partial charge >= 0.3 is 0 Å². The minimum absolute atomic E-state index is 0.338. The lowest BCUT2D eigenvalue weighted by Gasteiger charge is -2.31. The number of imidazole rings is 1. The molecule has 1 aliphatic rings. The number of pyridine rings is 1. The second kappa shape index (κ2) is 5.30. The van der Waals surface area contributed by atoms with Crippen LogP contribution in [-0.2, 0) is 5.67 Å². The molecule has 0 bridgehead atoms. The third-order valence-electron chi connectivity index (χ3n) is 4.33. The Hall–Kier alpha value is -1.62. The van der Waals surface area contributed by atoms with Gasteiger partial charge in [-0.05, 0) is 31.8 Å². The summed E-state index contributed by atoms with van der Waals surface area (Å²) < 4.78 is 22.8. The Labute approximate surface area is 124 Å². The Kier molecular flexibility index (Phi) is 3.61. The molecule has 114 valence electrons. The summed E-state index contributed by atoms with van der Waals surface area (Å²) in [6, 6.07) is 1.84. The van der Waals surface area contributed by atoms with Gasteiger partial charge in [0.15, 0.2) is 0 Å². The number of nitrogens with zero attached hydrogens (tertiary/aromatic N) is 2. The van der Waals surface area contributed by atoms with Crippen LogP contribution in [0.3, 0.4) is 0 Å².